The number of rotatable bonds is 5. The Morgan fingerprint density at radius 1 is 1.00 bits per heavy atom. The molecule has 162 valence electrons. The second-order valence-electron chi connectivity index (χ2n) is 7.38. The zero-order valence-corrected chi connectivity index (χ0v) is 17.6. The highest BCUT2D eigenvalue weighted by Crippen LogP contribution is 2.24. The van der Waals surface area contributed by atoms with E-state index in [1.807, 2.05) is 0 Å². The zero-order valence-electron chi connectivity index (χ0n) is 17.6. The molecule has 0 spiro atoms. The molecule has 0 N–H and O–H groups in total. The topological polar surface area (TPSA) is 55.2 Å². The lowest BCUT2D eigenvalue weighted by atomic mass is 10.1. The Kier molecular flexibility index (Phi) is 5.81. The number of hydrogen-bond acceptors (Lipinski definition) is 3. The van der Waals surface area contributed by atoms with Crippen LogP contribution in [0.1, 0.15) is 36.1 Å². The van der Waals surface area contributed by atoms with Crippen molar-refractivity contribution >= 4 is 16.8 Å². The van der Waals surface area contributed by atoms with Crippen LogP contribution in [0.25, 0.3) is 16.6 Å². The van der Waals surface area contributed by atoms with Gasteiger partial charge in [-0.15, -0.1) is 0 Å². The molecule has 0 aliphatic heterocycles. The lowest BCUT2D eigenvalue weighted by Crippen LogP contribution is -2.37. The number of nitrogens with zero attached hydrogens (tertiary/aromatic N) is 3. The maximum absolute atomic E-state index is 13.7. The maximum Gasteiger partial charge on any atom is 0.266 e. The minimum absolute atomic E-state index is 0.204. The monoisotopic (exact) mass is 433 g/mol. The van der Waals surface area contributed by atoms with E-state index in [0.29, 0.717) is 29.0 Å². The highest BCUT2D eigenvalue weighted by molar-refractivity contribution is 5.94. The third-order valence-electron chi connectivity index (χ3n) is 5.40. The Bertz CT molecular complexity index is 1350. The van der Waals surface area contributed by atoms with Crippen LogP contribution in [0.15, 0.2) is 77.6 Å². The van der Waals surface area contributed by atoms with Crippen LogP contribution in [-0.2, 0) is 0 Å². The first-order chi connectivity index (χ1) is 15.4. The average Bonchev–Trinajstić information content (AvgIpc) is 2.80. The summed E-state index contributed by atoms with van der Waals surface area (Å²) in [6.07, 6.45) is 0. The summed E-state index contributed by atoms with van der Waals surface area (Å²) < 4.78 is 28.6. The molecule has 32 heavy (non-hydrogen) atoms. The number of benzene rings is 3. The van der Waals surface area contributed by atoms with Gasteiger partial charge >= 0.3 is 0 Å². The Morgan fingerprint density at radius 2 is 1.72 bits per heavy atom. The summed E-state index contributed by atoms with van der Waals surface area (Å²) in [7, 11) is 0. The predicted molar refractivity (Wildman–Crippen MR) is 119 cm³/mol. The molecule has 1 amide bonds. The van der Waals surface area contributed by atoms with Crippen LogP contribution in [-0.4, -0.2) is 26.9 Å². The Balaban J connectivity index is 1.90. The van der Waals surface area contributed by atoms with Crippen molar-refractivity contribution in [1.29, 1.82) is 0 Å². The standard InChI is InChI=1S/C25H21F2N3O2/c1-3-29(24(31)17-7-6-8-19(27)15-17)16(2)23-28-22-10-5-4-9-21(22)25(32)30(23)20-13-11-18(26)12-14-20/h4-16H,3H2,1-2H3. The molecule has 0 radical (unpaired) electrons. The van der Waals surface area contributed by atoms with Gasteiger partial charge in [-0.25, -0.2) is 13.8 Å². The van der Waals surface area contributed by atoms with Gasteiger partial charge in [-0.1, -0.05) is 18.2 Å². The fraction of sp³-hybridized carbons (Fsp3) is 0.160. The second kappa shape index (κ2) is 8.70. The number of carbonyl (C=O) groups is 1. The first kappa shape index (κ1) is 21.4. The highest BCUT2D eigenvalue weighted by atomic mass is 19.1. The summed E-state index contributed by atoms with van der Waals surface area (Å²) in [5.74, 6) is -0.993. The third-order valence-corrected chi connectivity index (χ3v) is 5.40. The van der Waals surface area contributed by atoms with Crippen LogP contribution in [0.3, 0.4) is 0 Å². The minimum Gasteiger partial charge on any atom is -0.329 e. The summed E-state index contributed by atoms with van der Waals surface area (Å²) in [5, 5.41) is 0.410. The van der Waals surface area contributed by atoms with Crippen molar-refractivity contribution in [3.8, 4) is 5.69 Å². The van der Waals surface area contributed by atoms with Gasteiger partial charge in [0.05, 0.1) is 22.6 Å². The van der Waals surface area contributed by atoms with E-state index in [1.165, 1.54) is 51.9 Å². The molecule has 0 saturated carbocycles. The molecule has 0 aliphatic carbocycles. The molecule has 0 bridgehead atoms. The number of hydrogen-bond donors (Lipinski definition) is 0. The molecule has 1 aromatic heterocycles. The lowest BCUT2D eigenvalue weighted by Gasteiger charge is -2.29. The fourth-order valence-corrected chi connectivity index (χ4v) is 3.79. The molecule has 0 saturated heterocycles. The van der Waals surface area contributed by atoms with Crippen molar-refractivity contribution in [2.45, 2.75) is 19.9 Å². The molecule has 3 aromatic carbocycles. The summed E-state index contributed by atoms with van der Waals surface area (Å²) in [6, 6.07) is 17.3. The van der Waals surface area contributed by atoms with E-state index in [0.717, 1.165) is 0 Å². The van der Waals surface area contributed by atoms with E-state index in [-0.39, 0.29) is 17.0 Å². The number of carbonyl (C=O) groups excluding carboxylic acids is 1. The van der Waals surface area contributed by atoms with Gasteiger partial charge in [0.15, 0.2) is 0 Å². The predicted octanol–water partition coefficient (Wildman–Crippen LogP) is 4.89. The van der Waals surface area contributed by atoms with Gasteiger partial charge in [-0.2, -0.15) is 0 Å². The van der Waals surface area contributed by atoms with Crippen molar-refractivity contribution in [1.82, 2.24) is 14.5 Å². The number of fused-ring (bicyclic) bond motifs is 1. The SMILES string of the molecule is CCN(C(=O)c1cccc(F)c1)C(C)c1nc2ccccc2c(=O)n1-c1ccc(F)cc1. The third kappa shape index (κ3) is 3.89. The number of amides is 1. The van der Waals surface area contributed by atoms with Gasteiger partial charge in [0, 0.05) is 12.1 Å². The van der Waals surface area contributed by atoms with E-state index < -0.39 is 17.7 Å². The van der Waals surface area contributed by atoms with Gasteiger partial charge in [0.1, 0.15) is 17.5 Å². The van der Waals surface area contributed by atoms with Crippen LogP contribution in [0.5, 0.6) is 0 Å². The van der Waals surface area contributed by atoms with Crippen molar-refractivity contribution < 1.29 is 13.6 Å². The first-order valence-electron chi connectivity index (χ1n) is 10.2. The second-order valence-corrected chi connectivity index (χ2v) is 7.38. The molecule has 1 heterocycles. The van der Waals surface area contributed by atoms with Crippen LogP contribution in [0.4, 0.5) is 8.78 Å². The lowest BCUT2D eigenvalue weighted by molar-refractivity contribution is 0.0692. The van der Waals surface area contributed by atoms with Gasteiger partial charge in [-0.3, -0.25) is 14.2 Å². The Hall–Kier alpha value is -3.87. The maximum atomic E-state index is 13.7. The van der Waals surface area contributed by atoms with E-state index in [9.17, 15) is 18.4 Å². The summed E-state index contributed by atoms with van der Waals surface area (Å²) in [4.78, 5) is 32.8. The van der Waals surface area contributed by atoms with E-state index in [4.69, 9.17) is 4.98 Å². The fourth-order valence-electron chi connectivity index (χ4n) is 3.79. The summed E-state index contributed by atoms with van der Waals surface area (Å²) >= 11 is 0. The minimum atomic E-state index is -0.627. The van der Waals surface area contributed by atoms with Crippen LogP contribution < -0.4 is 5.56 Å². The molecular formula is C25H21F2N3O2. The quantitative estimate of drug-likeness (QED) is 0.450. The van der Waals surface area contributed by atoms with Crippen molar-refractivity contribution in [2.24, 2.45) is 0 Å². The molecule has 0 fully saturated rings. The molecule has 4 aromatic rings. The highest BCUT2D eigenvalue weighted by Gasteiger charge is 2.26. The van der Waals surface area contributed by atoms with Crippen molar-refractivity contribution in [2.75, 3.05) is 6.54 Å². The molecular weight excluding hydrogens is 412 g/mol. The molecule has 0 aliphatic rings. The van der Waals surface area contributed by atoms with Gasteiger partial charge in [0.2, 0.25) is 0 Å². The average molecular weight is 433 g/mol. The smallest absolute Gasteiger partial charge is 0.266 e. The molecule has 1 unspecified atom stereocenters. The normalized spacial score (nSPS) is 12.0. The largest absolute Gasteiger partial charge is 0.329 e. The van der Waals surface area contributed by atoms with Gasteiger partial charge in [0.25, 0.3) is 11.5 Å². The van der Waals surface area contributed by atoms with Gasteiger partial charge < -0.3 is 4.90 Å². The zero-order chi connectivity index (χ0) is 22.8. The molecule has 7 heteroatoms. The van der Waals surface area contributed by atoms with Crippen molar-refractivity contribution in [3.05, 3.63) is 106 Å². The van der Waals surface area contributed by atoms with Crippen LogP contribution >= 0.6 is 0 Å². The Labute approximate surface area is 183 Å². The summed E-state index contributed by atoms with van der Waals surface area (Å²) in [5.41, 5.74) is 0.811. The van der Waals surface area contributed by atoms with Crippen LogP contribution in [0.2, 0.25) is 0 Å². The summed E-state index contributed by atoms with van der Waals surface area (Å²) in [6.45, 7) is 3.87. The van der Waals surface area contributed by atoms with E-state index in [1.54, 1.807) is 44.2 Å². The van der Waals surface area contributed by atoms with Crippen molar-refractivity contribution in [3.63, 3.8) is 0 Å². The van der Waals surface area contributed by atoms with Gasteiger partial charge in [-0.05, 0) is 68.4 Å². The number of aromatic nitrogens is 2. The van der Waals surface area contributed by atoms with E-state index >= 15 is 0 Å². The number of halogens is 2. The Morgan fingerprint density at radius 3 is 2.41 bits per heavy atom. The van der Waals surface area contributed by atoms with E-state index in [2.05, 4.69) is 0 Å². The molecule has 1 atom stereocenters. The van der Waals surface area contributed by atoms with Crippen LogP contribution in [0, 0.1) is 11.6 Å². The molecule has 5 nitrogen and oxygen atoms in total. The first-order valence-corrected chi connectivity index (χ1v) is 10.2. The molecule has 4 rings (SSSR count). The number of para-hydroxylation sites is 1.